The standard InChI is InChI=1S/C25H25ClN2O4/c26-21-13-15(9-10-22(21)27)24(30)23(29)11-12-28-25(31)32-14-20-18-7-3-1-5-16(18)17-6-2-4-8-19(17)20/h1-10,13,20,23-24,29-30H,11-12,14,27H2,(H,28,31). The van der Waals surface area contributed by atoms with E-state index in [0.29, 0.717) is 16.3 Å². The van der Waals surface area contributed by atoms with Gasteiger partial charge in [0.05, 0.1) is 16.8 Å². The average Bonchev–Trinajstić information content (AvgIpc) is 3.12. The van der Waals surface area contributed by atoms with E-state index in [1.54, 1.807) is 12.1 Å². The monoisotopic (exact) mass is 452 g/mol. The van der Waals surface area contributed by atoms with Gasteiger partial charge >= 0.3 is 6.09 Å². The van der Waals surface area contributed by atoms with Gasteiger partial charge in [-0.2, -0.15) is 0 Å². The van der Waals surface area contributed by atoms with Gasteiger partial charge in [-0.15, -0.1) is 0 Å². The SMILES string of the molecule is Nc1ccc(C(O)C(O)CCNC(=O)OCC2c3ccccc3-c3ccccc32)cc1Cl. The number of hydrogen-bond donors (Lipinski definition) is 4. The van der Waals surface area contributed by atoms with Gasteiger partial charge in [0.1, 0.15) is 12.7 Å². The number of halogens is 1. The second-order valence-electron chi connectivity index (χ2n) is 7.83. The molecular formula is C25H25ClN2O4. The Bertz CT molecular complexity index is 1080. The van der Waals surface area contributed by atoms with Crippen LogP contribution in [0.1, 0.15) is 35.1 Å². The second kappa shape index (κ2) is 9.61. The van der Waals surface area contributed by atoms with Crippen molar-refractivity contribution in [1.29, 1.82) is 0 Å². The van der Waals surface area contributed by atoms with Crippen LogP contribution in [-0.2, 0) is 4.74 Å². The Morgan fingerprint density at radius 3 is 2.28 bits per heavy atom. The molecule has 0 aliphatic heterocycles. The zero-order valence-corrected chi connectivity index (χ0v) is 18.1. The lowest BCUT2D eigenvalue weighted by atomic mass is 9.98. The maximum Gasteiger partial charge on any atom is 0.407 e. The van der Waals surface area contributed by atoms with Crippen LogP contribution in [0, 0.1) is 0 Å². The van der Waals surface area contributed by atoms with Crippen molar-refractivity contribution in [2.24, 2.45) is 0 Å². The number of amides is 1. The Labute approximate surface area is 191 Å². The average molecular weight is 453 g/mol. The van der Waals surface area contributed by atoms with Crippen molar-refractivity contribution in [3.8, 4) is 11.1 Å². The third-order valence-electron chi connectivity index (χ3n) is 5.78. The Morgan fingerprint density at radius 2 is 1.66 bits per heavy atom. The molecule has 0 fully saturated rings. The third kappa shape index (κ3) is 4.58. The summed E-state index contributed by atoms with van der Waals surface area (Å²) < 4.78 is 5.47. The van der Waals surface area contributed by atoms with Gasteiger partial charge in [0.15, 0.2) is 0 Å². The van der Waals surface area contributed by atoms with Gasteiger partial charge in [-0.1, -0.05) is 66.2 Å². The lowest BCUT2D eigenvalue weighted by Crippen LogP contribution is -2.30. The van der Waals surface area contributed by atoms with Gasteiger partial charge in [0.2, 0.25) is 0 Å². The van der Waals surface area contributed by atoms with Gasteiger partial charge < -0.3 is 26.0 Å². The molecule has 3 aromatic carbocycles. The van der Waals surface area contributed by atoms with E-state index >= 15 is 0 Å². The molecule has 166 valence electrons. The normalized spacial score (nSPS) is 14.3. The highest BCUT2D eigenvalue weighted by Crippen LogP contribution is 2.44. The number of aliphatic hydroxyl groups excluding tert-OH is 2. The number of rotatable bonds is 7. The summed E-state index contributed by atoms with van der Waals surface area (Å²) in [5, 5.41) is 23.5. The number of hydrogen-bond acceptors (Lipinski definition) is 5. The molecule has 5 N–H and O–H groups in total. The second-order valence-corrected chi connectivity index (χ2v) is 8.24. The quantitative estimate of drug-likeness (QED) is 0.401. The van der Waals surface area contributed by atoms with Crippen molar-refractivity contribution in [3.63, 3.8) is 0 Å². The topological polar surface area (TPSA) is 105 Å². The first-order valence-corrected chi connectivity index (χ1v) is 10.8. The highest BCUT2D eigenvalue weighted by molar-refractivity contribution is 6.33. The summed E-state index contributed by atoms with van der Waals surface area (Å²) in [6.45, 7) is 0.368. The van der Waals surface area contributed by atoms with Gasteiger partial charge in [0.25, 0.3) is 0 Å². The summed E-state index contributed by atoms with van der Waals surface area (Å²) in [5.41, 5.74) is 11.1. The van der Waals surface area contributed by atoms with Crippen LogP contribution >= 0.6 is 11.6 Å². The maximum absolute atomic E-state index is 12.2. The number of aliphatic hydroxyl groups is 2. The van der Waals surface area contributed by atoms with E-state index in [9.17, 15) is 15.0 Å². The minimum atomic E-state index is -1.14. The van der Waals surface area contributed by atoms with Crippen LogP contribution in [0.5, 0.6) is 0 Å². The van der Waals surface area contributed by atoms with E-state index in [2.05, 4.69) is 29.6 Å². The minimum Gasteiger partial charge on any atom is -0.449 e. The molecule has 0 radical (unpaired) electrons. The van der Waals surface area contributed by atoms with Gasteiger partial charge in [0, 0.05) is 12.5 Å². The number of nitrogens with two attached hydrogens (primary N) is 1. The van der Waals surface area contributed by atoms with Crippen LogP contribution in [0.2, 0.25) is 5.02 Å². The molecule has 0 saturated carbocycles. The van der Waals surface area contributed by atoms with Crippen LogP contribution in [0.15, 0.2) is 66.7 Å². The van der Waals surface area contributed by atoms with E-state index in [1.807, 2.05) is 24.3 Å². The predicted molar refractivity (Wildman–Crippen MR) is 125 cm³/mol. The molecule has 0 aromatic heterocycles. The molecule has 2 unspecified atom stereocenters. The number of nitrogens with one attached hydrogen (secondary N) is 1. The number of carbonyl (C=O) groups excluding carboxylic acids is 1. The van der Waals surface area contributed by atoms with Crippen LogP contribution in [0.25, 0.3) is 11.1 Å². The van der Waals surface area contributed by atoms with E-state index < -0.39 is 18.3 Å². The van der Waals surface area contributed by atoms with Crippen molar-refractivity contribution in [2.75, 3.05) is 18.9 Å². The number of alkyl carbamates (subject to hydrolysis) is 1. The molecule has 1 amide bonds. The molecule has 2 atom stereocenters. The highest BCUT2D eigenvalue weighted by Gasteiger charge is 2.29. The summed E-state index contributed by atoms with van der Waals surface area (Å²) in [7, 11) is 0. The molecule has 4 rings (SSSR count). The predicted octanol–water partition coefficient (Wildman–Crippen LogP) is 4.25. The summed E-state index contributed by atoms with van der Waals surface area (Å²) in [6.07, 6.45) is -2.64. The Morgan fingerprint density at radius 1 is 1.03 bits per heavy atom. The molecule has 6 nitrogen and oxygen atoms in total. The zero-order chi connectivity index (χ0) is 22.7. The van der Waals surface area contributed by atoms with Gasteiger partial charge in [-0.25, -0.2) is 4.79 Å². The summed E-state index contributed by atoms with van der Waals surface area (Å²) in [6, 6.07) is 20.9. The summed E-state index contributed by atoms with van der Waals surface area (Å²) >= 11 is 5.97. The fourth-order valence-corrected chi connectivity index (χ4v) is 4.27. The molecule has 3 aromatic rings. The first-order chi connectivity index (χ1) is 15.5. The lowest BCUT2D eigenvalue weighted by molar-refractivity contribution is 0.0137. The number of ether oxygens (including phenoxy) is 1. The van der Waals surface area contributed by atoms with Gasteiger partial charge in [-0.3, -0.25) is 0 Å². The van der Waals surface area contributed by atoms with Crippen molar-refractivity contribution in [1.82, 2.24) is 5.32 Å². The van der Waals surface area contributed by atoms with E-state index in [1.165, 1.54) is 6.07 Å². The molecule has 0 heterocycles. The van der Waals surface area contributed by atoms with Crippen LogP contribution in [-0.4, -0.2) is 35.6 Å². The van der Waals surface area contributed by atoms with E-state index in [4.69, 9.17) is 22.1 Å². The van der Waals surface area contributed by atoms with Crippen molar-refractivity contribution in [2.45, 2.75) is 24.5 Å². The van der Waals surface area contributed by atoms with E-state index in [-0.39, 0.29) is 25.5 Å². The van der Waals surface area contributed by atoms with E-state index in [0.717, 1.165) is 22.3 Å². The third-order valence-corrected chi connectivity index (χ3v) is 6.11. The number of benzene rings is 3. The molecule has 1 aliphatic rings. The highest BCUT2D eigenvalue weighted by atomic mass is 35.5. The van der Waals surface area contributed by atoms with Crippen molar-refractivity contribution >= 4 is 23.4 Å². The fraction of sp³-hybridized carbons (Fsp3) is 0.240. The maximum atomic E-state index is 12.2. The molecule has 0 spiro atoms. The van der Waals surface area contributed by atoms with Crippen LogP contribution < -0.4 is 11.1 Å². The molecule has 32 heavy (non-hydrogen) atoms. The summed E-state index contributed by atoms with van der Waals surface area (Å²) in [5.74, 6) is -0.0178. The Kier molecular flexibility index (Phi) is 6.65. The first kappa shape index (κ1) is 22.1. The first-order valence-electron chi connectivity index (χ1n) is 10.5. The molecular weight excluding hydrogens is 428 g/mol. The fourth-order valence-electron chi connectivity index (χ4n) is 4.08. The molecule has 7 heteroatoms. The van der Waals surface area contributed by atoms with Crippen LogP contribution in [0.3, 0.4) is 0 Å². The Hall–Kier alpha value is -3.06. The largest absolute Gasteiger partial charge is 0.449 e. The summed E-state index contributed by atoms with van der Waals surface area (Å²) in [4.78, 5) is 12.2. The van der Waals surface area contributed by atoms with Gasteiger partial charge in [-0.05, 0) is 46.4 Å². The number of nitrogen functional groups attached to an aromatic ring is 1. The smallest absolute Gasteiger partial charge is 0.407 e. The molecule has 0 saturated heterocycles. The van der Waals surface area contributed by atoms with Crippen LogP contribution in [0.4, 0.5) is 10.5 Å². The molecule has 0 bridgehead atoms. The minimum absolute atomic E-state index is 0.0178. The lowest BCUT2D eigenvalue weighted by Gasteiger charge is -2.19. The van der Waals surface area contributed by atoms with Crippen molar-refractivity contribution < 1.29 is 19.7 Å². The number of anilines is 1. The molecule has 1 aliphatic carbocycles. The Balaban J connectivity index is 1.28. The van der Waals surface area contributed by atoms with Crippen molar-refractivity contribution in [3.05, 3.63) is 88.4 Å². The number of carbonyl (C=O) groups is 1. The zero-order valence-electron chi connectivity index (χ0n) is 17.4. The number of fused-ring (bicyclic) bond motifs is 3.